The molecule has 1 unspecified atom stereocenters. The molecule has 15 heavy (non-hydrogen) atoms. The highest BCUT2D eigenvalue weighted by molar-refractivity contribution is 7.13. The Hall–Kier alpha value is -1.40. The number of nitrogens with one attached hydrogen (secondary N) is 1. The van der Waals surface area contributed by atoms with Gasteiger partial charge in [-0.15, -0.1) is 11.3 Å². The fourth-order valence-electron chi connectivity index (χ4n) is 0.942. The summed E-state index contributed by atoms with van der Waals surface area (Å²) in [4.78, 5) is 22.4. The van der Waals surface area contributed by atoms with Crippen LogP contribution in [-0.4, -0.2) is 23.0 Å². The molecule has 0 saturated heterocycles. The third kappa shape index (κ3) is 3.34. The first-order chi connectivity index (χ1) is 7.00. The molecule has 0 spiro atoms. The fraction of sp³-hybridized carbons (Fsp3) is 0.333. The van der Waals surface area contributed by atoms with Crippen LogP contribution in [0.4, 0.5) is 0 Å². The maximum absolute atomic E-state index is 10.7. The van der Waals surface area contributed by atoms with Crippen LogP contribution < -0.4 is 11.1 Å². The number of carbonyl (C=O) groups excluding carboxylic acids is 1. The quantitative estimate of drug-likeness (QED) is 0.680. The summed E-state index contributed by atoms with van der Waals surface area (Å²) in [7, 11) is 0. The zero-order valence-corrected chi connectivity index (χ0v) is 9.00. The summed E-state index contributed by atoms with van der Waals surface area (Å²) < 4.78 is 0. The zero-order valence-electron chi connectivity index (χ0n) is 8.19. The number of nitrogens with two attached hydrogens (primary N) is 1. The van der Waals surface area contributed by atoms with E-state index in [0.717, 1.165) is 4.88 Å². The molecule has 0 aliphatic carbocycles. The normalized spacial score (nSPS) is 12.3. The Morgan fingerprint density at radius 1 is 1.60 bits per heavy atom. The van der Waals surface area contributed by atoms with E-state index in [1.54, 1.807) is 19.1 Å². The first-order valence-corrected chi connectivity index (χ1v) is 5.17. The van der Waals surface area contributed by atoms with Crippen molar-refractivity contribution in [2.24, 2.45) is 5.73 Å². The smallest absolute Gasteiger partial charge is 0.345 e. The molecule has 4 N–H and O–H groups in total. The molecule has 0 fully saturated rings. The monoisotopic (exact) mass is 228 g/mol. The van der Waals surface area contributed by atoms with Gasteiger partial charge in [-0.1, -0.05) is 0 Å². The molecule has 6 heteroatoms. The van der Waals surface area contributed by atoms with Crippen molar-refractivity contribution in [2.75, 3.05) is 0 Å². The predicted octanol–water partition coefficient (Wildman–Crippen LogP) is 0.410. The van der Waals surface area contributed by atoms with Crippen LogP contribution in [0.1, 0.15) is 21.5 Å². The minimum atomic E-state index is -0.936. The van der Waals surface area contributed by atoms with E-state index < -0.39 is 17.9 Å². The highest BCUT2D eigenvalue weighted by atomic mass is 32.1. The number of thiophene rings is 1. The van der Waals surface area contributed by atoms with Crippen LogP contribution >= 0.6 is 11.3 Å². The summed E-state index contributed by atoms with van der Waals surface area (Å²) >= 11 is 1.18. The fourth-order valence-corrected chi connectivity index (χ4v) is 1.74. The van der Waals surface area contributed by atoms with E-state index in [1.165, 1.54) is 11.3 Å². The van der Waals surface area contributed by atoms with Gasteiger partial charge in [0.25, 0.3) is 0 Å². The first kappa shape index (κ1) is 11.7. The molecule has 1 atom stereocenters. The van der Waals surface area contributed by atoms with E-state index in [4.69, 9.17) is 10.8 Å². The molecule has 1 aromatic rings. The Morgan fingerprint density at radius 3 is 2.73 bits per heavy atom. The van der Waals surface area contributed by atoms with Crippen LogP contribution in [0.3, 0.4) is 0 Å². The van der Waals surface area contributed by atoms with Crippen molar-refractivity contribution in [3.8, 4) is 0 Å². The number of carbonyl (C=O) groups is 2. The summed E-state index contributed by atoms with van der Waals surface area (Å²) in [5, 5.41) is 11.6. The van der Waals surface area contributed by atoms with Gasteiger partial charge >= 0.3 is 5.97 Å². The number of amides is 1. The Bertz CT molecular complexity index is 375. The predicted molar refractivity (Wildman–Crippen MR) is 56.8 cm³/mol. The lowest BCUT2D eigenvalue weighted by Crippen LogP contribution is -2.38. The largest absolute Gasteiger partial charge is 0.477 e. The van der Waals surface area contributed by atoms with Crippen LogP contribution in [-0.2, 0) is 11.3 Å². The second kappa shape index (κ2) is 4.90. The Labute approximate surface area is 90.9 Å². The average molecular weight is 228 g/mol. The van der Waals surface area contributed by atoms with E-state index in [1.807, 2.05) is 0 Å². The van der Waals surface area contributed by atoms with Gasteiger partial charge in [0, 0.05) is 11.4 Å². The highest BCUT2D eigenvalue weighted by Crippen LogP contribution is 2.16. The molecule has 82 valence electrons. The number of primary amides is 1. The van der Waals surface area contributed by atoms with Crippen LogP contribution in [0.25, 0.3) is 0 Å². The average Bonchev–Trinajstić information content (AvgIpc) is 2.62. The third-order valence-corrected chi connectivity index (χ3v) is 2.95. The van der Waals surface area contributed by atoms with Gasteiger partial charge in [0.15, 0.2) is 0 Å². The Kier molecular flexibility index (Phi) is 3.81. The van der Waals surface area contributed by atoms with Crippen LogP contribution in [0, 0.1) is 0 Å². The zero-order chi connectivity index (χ0) is 11.4. The van der Waals surface area contributed by atoms with Gasteiger partial charge in [-0.2, -0.15) is 0 Å². The molecule has 1 rings (SSSR count). The van der Waals surface area contributed by atoms with Crippen molar-refractivity contribution in [1.82, 2.24) is 5.32 Å². The summed E-state index contributed by atoms with van der Waals surface area (Å²) in [6.07, 6.45) is 0. The summed E-state index contributed by atoms with van der Waals surface area (Å²) in [5.41, 5.74) is 5.06. The first-order valence-electron chi connectivity index (χ1n) is 4.35. The lowest BCUT2D eigenvalue weighted by molar-refractivity contribution is -0.119. The summed E-state index contributed by atoms with van der Waals surface area (Å²) in [6, 6.07) is 2.84. The minimum absolute atomic E-state index is 0.290. The van der Waals surface area contributed by atoms with E-state index in [0.29, 0.717) is 11.4 Å². The van der Waals surface area contributed by atoms with E-state index in [9.17, 15) is 9.59 Å². The van der Waals surface area contributed by atoms with Crippen LogP contribution in [0.2, 0.25) is 0 Å². The number of hydrogen-bond donors (Lipinski definition) is 3. The minimum Gasteiger partial charge on any atom is -0.477 e. The molecule has 0 aliphatic heterocycles. The number of aromatic carboxylic acids is 1. The van der Waals surface area contributed by atoms with Crippen molar-refractivity contribution < 1.29 is 14.7 Å². The third-order valence-electron chi connectivity index (χ3n) is 1.88. The molecule has 1 amide bonds. The number of carboxylic acid groups (broad SMARTS) is 1. The van der Waals surface area contributed by atoms with Crippen LogP contribution in [0.15, 0.2) is 12.1 Å². The summed E-state index contributed by atoms with van der Waals surface area (Å²) in [6.45, 7) is 2.11. The number of carboxylic acids is 1. The van der Waals surface area contributed by atoms with Gasteiger partial charge < -0.3 is 16.2 Å². The molecular weight excluding hydrogens is 216 g/mol. The van der Waals surface area contributed by atoms with Gasteiger partial charge in [-0.25, -0.2) is 4.79 Å². The molecule has 1 aromatic heterocycles. The lowest BCUT2D eigenvalue weighted by atomic mass is 10.3. The number of rotatable bonds is 5. The Morgan fingerprint density at radius 2 is 2.27 bits per heavy atom. The lowest BCUT2D eigenvalue weighted by Gasteiger charge is -2.07. The van der Waals surface area contributed by atoms with Gasteiger partial charge in [-0.3, -0.25) is 4.79 Å². The molecule has 0 aliphatic rings. The van der Waals surface area contributed by atoms with Gasteiger partial charge in [0.2, 0.25) is 5.91 Å². The van der Waals surface area contributed by atoms with Crippen molar-refractivity contribution >= 4 is 23.2 Å². The van der Waals surface area contributed by atoms with E-state index >= 15 is 0 Å². The van der Waals surface area contributed by atoms with E-state index in [-0.39, 0.29) is 0 Å². The number of hydrogen-bond acceptors (Lipinski definition) is 4. The van der Waals surface area contributed by atoms with Crippen molar-refractivity contribution in [1.29, 1.82) is 0 Å². The molecule has 0 saturated carbocycles. The Balaban J connectivity index is 2.51. The molecule has 1 heterocycles. The molecule has 0 bridgehead atoms. The second-order valence-corrected chi connectivity index (χ2v) is 4.24. The molecule has 0 radical (unpaired) electrons. The van der Waals surface area contributed by atoms with Gasteiger partial charge in [-0.05, 0) is 19.1 Å². The van der Waals surface area contributed by atoms with E-state index in [2.05, 4.69) is 5.32 Å². The van der Waals surface area contributed by atoms with Gasteiger partial charge in [0.1, 0.15) is 4.88 Å². The van der Waals surface area contributed by atoms with Crippen molar-refractivity contribution in [2.45, 2.75) is 19.5 Å². The maximum Gasteiger partial charge on any atom is 0.345 e. The standard InChI is InChI=1S/C9H12N2O3S/c1-5(8(10)12)11-4-6-2-3-7(15-6)9(13)14/h2-3,5,11H,4H2,1H3,(H2,10,12)(H,13,14). The summed E-state index contributed by atoms with van der Waals surface area (Å²) in [5.74, 6) is -1.36. The molecule has 5 nitrogen and oxygen atoms in total. The second-order valence-electron chi connectivity index (χ2n) is 3.08. The maximum atomic E-state index is 10.7. The van der Waals surface area contributed by atoms with Crippen molar-refractivity contribution in [3.63, 3.8) is 0 Å². The topological polar surface area (TPSA) is 92.4 Å². The van der Waals surface area contributed by atoms with Gasteiger partial charge in [0.05, 0.1) is 6.04 Å². The molecule has 0 aromatic carbocycles. The van der Waals surface area contributed by atoms with Crippen molar-refractivity contribution in [3.05, 3.63) is 21.9 Å². The highest BCUT2D eigenvalue weighted by Gasteiger charge is 2.10. The SMILES string of the molecule is CC(NCc1ccc(C(=O)O)s1)C(N)=O. The molecular formula is C9H12N2O3S. The van der Waals surface area contributed by atoms with Crippen LogP contribution in [0.5, 0.6) is 0 Å².